The number of ether oxygens (including phenoxy) is 2. The molecule has 9 heteroatoms. The smallest absolute Gasteiger partial charge is 0.328 e. The molecule has 0 aliphatic heterocycles. The zero-order valence-electron chi connectivity index (χ0n) is 15.1. The van der Waals surface area contributed by atoms with Crippen molar-refractivity contribution in [3.63, 3.8) is 0 Å². The van der Waals surface area contributed by atoms with E-state index in [1.54, 1.807) is 0 Å². The maximum absolute atomic E-state index is 12.1. The molecule has 1 amide bonds. The van der Waals surface area contributed by atoms with E-state index in [1.807, 2.05) is 44.2 Å². The number of para-hydroxylation sites is 1. The number of carbonyl (C=O) groups excluding carboxylic acids is 2. The van der Waals surface area contributed by atoms with Crippen LogP contribution in [0.15, 0.2) is 30.3 Å². The fourth-order valence-electron chi connectivity index (χ4n) is 2.26. The highest BCUT2D eigenvalue weighted by molar-refractivity contribution is 5.84. The van der Waals surface area contributed by atoms with Gasteiger partial charge in [0.25, 0.3) is 0 Å². The average Bonchev–Trinajstić information content (AvgIpc) is 3.06. The van der Waals surface area contributed by atoms with Gasteiger partial charge in [0.2, 0.25) is 11.7 Å². The van der Waals surface area contributed by atoms with E-state index in [4.69, 9.17) is 9.47 Å². The van der Waals surface area contributed by atoms with Gasteiger partial charge in [-0.25, -0.2) is 4.79 Å². The minimum absolute atomic E-state index is 0.143. The summed E-state index contributed by atoms with van der Waals surface area (Å²) in [5, 5.41) is 14.4. The number of hydrogen-bond acceptors (Lipinski definition) is 7. The van der Waals surface area contributed by atoms with E-state index in [9.17, 15) is 9.59 Å². The molecule has 0 spiro atoms. The van der Waals surface area contributed by atoms with Crippen LogP contribution in [-0.2, 0) is 27.5 Å². The molecule has 0 bridgehead atoms. The number of esters is 1. The molecule has 9 nitrogen and oxygen atoms in total. The van der Waals surface area contributed by atoms with Gasteiger partial charge in [0.1, 0.15) is 18.3 Å². The number of methoxy groups -OCH3 is 1. The van der Waals surface area contributed by atoms with Crippen molar-refractivity contribution in [2.45, 2.75) is 39.5 Å². The Kier molecular flexibility index (Phi) is 7.07. The molecule has 2 aromatic rings. The van der Waals surface area contributed by atoms with E-state index in [2.05, 4.69) is 20.7 Å². The largest absolute Gasteiger partial charge is 0.485 e. The van der Waals surface area contributed by atoms with Crippen LogP contribution in [0.25, 0.3) is 0 Å². The van der Waals surface area contributed by atoms with Gasteiger partial charge in [-0.05, 0) is 29.7 Å². The number of hydrogen-bond donors (Lipinski definition) is 1. The molecule has 1 aromatic heterocycles. The lowest BCUT2D eigenvalue weighted by atomic mass is 10.0. The van der Waals surface area contributed by atoms with E-state index in [0.29, 0.717) is 18.0 Å². The zero-order valence-corrected chi connectivity index (χ0v) is 15.1. The molecule has 0 saturated heterocycles. The van der Waals surface area contributed by atoms with Gasteiger partial charge in [-0.15, -0.1) is 10.2 Å². The summed E-state index contributed by atoms with van der Waals surface area (Å²) in [5.74, 6) is 0.403. The van der Waals surface area contributed by atoms with Crippen LogP contribution in [0.1, 0.15) is 26.1 Å². The first-order valence-electron chi connectivity index (χ1n) is 8.29. The van der Waals surface area contributed by atoms with Crippen LogP contribution in [-0.4, -0.2) is 45.2 Å². The van der Waals surface area contributed by atoms with Crippen molar-refractivity contribution >= 4 is 11.9 Å². The topological polar surface area (TPSA) is 108 Å². The number of rotatable bonds is 9. The molecule has 0 fully saturated rings. The van der Waals surface area contributed by atoms with Crippen LogP contribution >= 0.6 is 0 Å². The highest BCUT2D eigenvalue weighted by Gasteiger charge is 2.23. The highest BCUT2D eigenvalue weighted by atomic mass is 16.5. The van der Waals surface area contributed by atoms with Gasteiger partial charge in [0.05, 0.1) is 7.11 Å². The van der Waals surface area contributed by atoms with Crippen LogP contribution < -0.4 is 10.1 Å². The van der Waals surface area contributed by atoms with Gasteiger partial charge in [-0.1, -0.05) is 32.0 Å². The number of carbonyl (C=O) groups is 2. The van der Waals surface area contributed by atoms with Crippen molar-refractivity contribution in [2.75, 3.05) is 7.11 Å². The monoisotopic (exact) mass is 361 g/mol. The molecule has 140 valence electrons. The summed E-state index contributed by atoms with van der Waals surface area (Å²) in [5.41, 5.74) is 0. The lowest BCUT2D eigenvalue weighted by molar-refractivity contribution is -0.145. The Bertz CT molecular complexity index is 717. The minimum atomic E-state index is -0.697. The Hall–Kier alpha value is -2.97. The standard InChI is InChI=1S/C17H23N5O4/c1-12(2)9-14(17(24)25-3)18-16(23)10-22-20-15(19-21-22)11-26-13-7-5-4-6-8-13/h4-8,12,14H,9-11H2,1-3H3,(H,18,23)/t14-/m0/s1. The minimum Gasteiger partial charge on any atom is -0.485 e. The molecular weight excluding hydrogens is 338 g/mol. The molecular formula is C17H23N5O4. The maximum Gasteiger partial charge on any atom is 0.328 e. The number of tetrazole rings is 1. The third kappa shape index (κ3) is 6.15. The van der Waals surface area contributed by atoms with Gasteiger partial charge >= 0.3 is 5.97 Å². The van der Waals surface area contributed by atoms with Crippen LogP contribution in [0.5, 0.6) is 5.75 Å². The van der Waals surface area contributed by atoms with Crippen molar-refractivity contribution in [2.24, 2.45) is 5.92 Å². The first-order valence-corrected chi connectivity index (χ1v) is 8.29. The molecule has 0 saturated carbocycles. The van der Waals surface area contributed by atoms with Crippen LogP contribution in [0.3, 0.4) is 0 Å². The summed E-state index contributed by atoms with van der Waals surface area (Å²) in [7, 11) is 1.29. The van der Waals surface area contributed by atoms with E-state index >= 15 is 0 Å². The lowest BCUT2D eigenvalue weighted by Gasteiger charge is -2.17. The molecule has 1 aromatic carbocycles. The number of aromatic nitrogens is 4. The Morgan fingerprint density at radius 2 is 1.96 bits per heavy atom. The molecule has 1 atom stereocenters. The van der Waals surface area contributed by atoms with Crippen LogP contribution in [0, 0.1) is 5.92 Å². The average molecular weight is 361 g/mol. The van der Waals surface area contributed by atoms with Crippen molar-refractivity contribution < 1.29 is 19.1 Å². The van der Waals surface area contributed by atoms with Gasteiger partial charge in [-0.2, -0.15) is 4.80 Å². The van der Waals surface area contributed by atoms with Gasteiger partial charge in [0.15, 0.2) is 6.61 Å². The zero-order chi connectivity index (χ0) is 18.9. The highest BCUT2D eigenvalue weighted by Crippen LogP contribution is 2.09. The summed E-state index contributed by atoms with van der Waals surface area (Å²) in [6.45, 7) is 3.91. The number of nitrogens with one attached hydrogen (secondary N) is 1. The lowest BCUT2D eigenvalue weighted by Crippen LogP contribution is -2.43. The van der Waals surface area contributed by atoms with Crippen molar-refractivity contribution in [3.8, 4) is 5.75 Å². The first kappa shape index (κ1) is 19.4. The molecule has 0 unspecified atom stereocenters. The van der Waals surface area contributed by atoms with E-state index < -0.39 is 17.9 Å². The van der Waals surface area contributed by atoms with Crippen LogP contribution in [0.4, 0.5) is 0 Å². The van der Waals surface area contributed by atoms with Gasteiger partial charge < -0.3 is 14.8 Å². The summed E-state index contributed by atoms with van der Waals surface area (Å²) in [4.78, 5) is 25.0. The van der Waals surface area contributed by atoms with Crippen molar-refractivity contribution in [3.05, 3.63) is 36.2 Å². The van der Waals surface area contributed by atoms with E-state index in [0.717, 1.165) is 4.80 Å². The number of benzene rings is 1. The van der Waals surface area contributed by atoms with Crippen molar-refractivity contribution in [1.29, 1.82) is 0 Å². The Morgan fingerprint density at radius 1 is 1.23 bits per heavy atom. The second kappa shape index (κ2) is 9.50. The molecule has 1 heterocycles. The molecule has 0 radical (unpaired) electrons. The quantitative estimate of drug-likeness (QED) is 0.663. The van der Waals surface area contributed by atoms with E-state index in [1.165, 1.54) is 7.11 Å². The summed E-state index contributed by atoms with van der Waals surface area (Å²) < 4.78 is 10.2. The summed E-state index contributed by atoms with van der Waals surface area (Å²) >= 11 is 0. The molecule has 0 aliphatic carbocycles. The Morgan fingerprint density at radius 3 is 2.62 bits per heavy atom. The second-order valence-electron chi connectivity index (χ2n) is 6.11. The van der Waals surface area contributed by atoms with Crippen LogP contribution in [0.2, 0.25) is 0 Å². The molecule has 0 aliphatic rings. The van der Waals surface area contributed by atoms with Gasteiger partial charge in [0, 0.05) is 0 Å². The predicted octanol–water partition coefficient (Wildman–Crippen LogP) is 0.956. The fraction of sp³-hybridized carbons (Fsp3) is 0.471. The second-order valence-corrected chi connectivity index (χ2v) is 6.11. The SMILES string of the molecule is COC(=O)[C@H](CC(C)C)NC(=O)Cn1nnc(COc2ccccc2)n1. The first-order chi connectivity index (χ1) is 12.5. The molecule has 2 rings (SSSR count). The molecule has 26 heavy (non-hydrogen) atoms. The Labute approximate surface area is 151 Å². The molecule has 1 N–H and O–H groups in total. The van der Waals surface area contributed by atoms with Gasteiger partial charge in [-0.3, -0.25) is 4.79 Å². The van der Waals surface area contributed by atoms with Crippen molar-refractivity contribution in [1.82, 2.24) is 25.5 Å². The fourth-order valence-corrected chi connectivity index (χ4v) is 2.26. The maximum atomic E-state index is 12.1. The normalized spacial score (nSPS) is 11.8. The third-order valence-electron chi connectivity index (χ3n) is 3.42. The summed E-state index contributed by atoms with van der Waals surface area (Å²) in [6, 6.07) is 8.55. The summed E-state index contributed by atoms with van der Waals surface area (Å²) in [6.07, 6.45) is 0.485. The predicted molar refractivity (Wildman–Crippen MR) is 92.0 cm³/mol. The van der Waals surface area contributed by atoms with E-state index in [-0.39, 0.29) is 19.1 Å². The third-order valence-corrected chi connectivity index (χ3v) is 3.42. The number of nitrogens with zero attached hydrogens (tertiary/aromatic N) is 4. The Balaban J connectivity index is 1.86. The number of amides is 1.